The van der Waals surface area contributed by atoms with Crippen molar-refractivity contribution in [2.24, 2.45) is 0 Å². The van der Waals surface area contributed by atoms with E-state index in [2.05, 4.69) is 17.0 Å². The topological polar surface area (TPSA) is 38.5 Å². The molecule has 18 heavy (non-hydrogen) atoms. The van der Waals surface area contributed by atoms with E-state index in [1.54, 1.807) is 0 Å². The van der Waals surface area contributed by atoms with Gasteiger partial charge in [-0.15, -0.1) is 0 Å². The van der Waals surface area contributed by atoms with Crippen molar-refractivity contribution in [2.45, 2.75) is 44.9 Å². The summed E-state index contributed by atoms with van der Waals surface area (Å²) in [5, 5.41) is 0. The minimum atomic E-state index is 0.528. The van der Waals surface area contributed by atoms with E-state index >= 15 is 0 Å². The van der Waals surface area contributed by atoms with Crippen molar-refractivity contribution < 1.29 is 4.74 Å². The molecule has 0 aliphatic carbocycles. The molecule has 0 amide bonds. The molecule has 1 saturated heterocycles. The van der Waals surface area contributed by atoms with Crippen molar-refractivity contribution in [3.63, 3.8) is 0 Å². The van der Waals surface area contributed by atoms with E-state index in [4.69, 9.17) is 10.5 Å². The average Bonchev–Trinajstić information content (AvgIpc) is 2.98. The molecular weight excluding hydrogens is 224 g/mol. The molecule has 1 aromatic rings. The van der Waals surface area contributed by atoms with Crippen LogP contribution >= 0.6 is 0 Å². The van der Waals surface area contributed by atoms with Gasteiger partial charge in [-0.3, -0.25) is 4.90 Å². The van der Waals surface area contributed by atoms with Gasteiger partial charge in [0, 0.05) is 25.4 Å². The Morgan fingerprint density at radius 3 is 3.06 bits per heavy atom. The molecule has 0 radical (unpaired) electrons. The maximum Gasteiger partial charge on any atom is 0.0576 e. The van der Waals surface area contributed by atoms with Crippen molar-refractivity contribution in [2.75, 3.05) is 18.9 Å². The van der Waals surface area contributed by atoms with E-state index in [0.29, 0.717) is 6.10 Å². The Labute approximate surface area is 109 Å². The van der Waals surface area contributed by atoms with Gasteiger partial charge in [-0.2, -0.15) is 0 Å². The molecule has 3 nitrogen and oxygen atoms in total. The largest absolute Gasteiger partial charge is 0.398 e. The zero-order valence-corrected chi connectivity index (χ0v) is 10.9. The van der Waals surface area contributed by atoms with Crippen LogP contribution in [0.1, 0.15) is 36.8 Å². The van der Waals surface area contributed by atoms with Crippen LogP contribution in [0.5, 0.6) is 0 Å². The highest BCUT2D eigenvalue weighted by Crippen LogP contribution is 2.27. The van der Waals surface area contributed by atoms with Gasteiger partial charge < -0.3 is 10.5 Å². The third-order valence-corrected chi connectivity index (χ3v) is 4.11. The normalized spacial score (nSPS) is 23.4. The van der Waals surface area contributed by atoms with Crippen LogP contribution in [0.15, 0.2) is 18.2 Å². The summed E-state index contributed by atoms with van der Waals surface area (Å²) >= 11 is 0. The third kappa shape index (κ3) is 2.52. The highest BCUT2D eigenvalue weighted by molar-refractivity contribution is 5.52. The number of ether oxygens (including phenoxy) is 1. The van der Waals surface area contributed by atoms with Gasteiger partial charge in [0.25, 0.3) is 0 Å². The fraction of sp³-hybridized carbons (Fsp3) is 0.600. The Morgan fingerprint density at radius 1 is 1.33 bits per heavy atom. The monoisotopic (exact) mass is 246 g/mol. The average molecular weight is 246 g/mol. The van der Waals surface area contributed by atoms with Crippen LogP contribution in [0.4, 0.5) is 5.69 Å². The second-order valence-corrected chi connectivity index (χ2v) is 5.47. The summed E-state index contributed by atoms with van der Waals surface area (Å²) < 4.78 is 5.66. The van der Waals surface area contributed by atoms with Gasteiger partial charge >= 0.3 is 0 Å². The van der Waals surface area contributed by atoms with Crippen LogP contribution in [-0.4, -0.2) is 24.2 Å². The number of fused-ring (bicyclic) bond motifs is 1. The zero-order chi connectivity index (χ0) is 12.4. The standard InChI is InChI=1S/C15H22N2O/c16-15-7-1-4-12-10-17(11-14(12)15)8-2-5-13-6-3-9-18-13/h1,4,7,13H,2-3,5-6,8-11,16H2. The first-order valence-corrected chi connectivity index (χ1v) is 7.03. The van der Waals surface area contributed by atoms with E-state index in [0.717, 1.165) is 31.9 Å². The third-order valence-electron chi connectivity index (χ3n) is 4.11. The van der Waals surface area contributed by atoms with Crippen molar-refractivity contribution in [1.82, 2.24) is 4.90 Å². The fourth-order valence-electron chi connectivity index (χ4n) is 3.09. The van der Waals surface area contributed by atoms with Crippen LogP contribution in [0, 0.1) is 0 Å². The Kier molecular flexibility index (Phi) is 3.52. The number of rotatable bonds is 4. The number of nitrogens with zero attached hydrogens (tertiary/aromatic N) is 1. The van der Waals surface area contributed by atoms with Gasteiger partial charge in [0.1, 0.15) is 0 Å². The number of nitrogens with two attached hydrogens (primary N) is 1. The molecule has 0 spiro atoms. The Hall–Kier alpha value is -1.06. The maximum atomic E-state index is 6.02. The maximum absolute atomic E-state index is 6.02. The Morgan fingerprint density at radius 2 is 2.28 bits per heavy atom. The van der Waals surface area contributed by atoms with Crippen molar-refractivity contribution in [1.29, 1.82) is 0 Å². The van der Waals surface area contributed by atoms with Crippen LogP contribution in [-0.2, 0) is 17.8 Å². The predicted octanol–water partition coefficient (Wildman–Crippen LogP) is 2.54. The van der Waals surface area contributed by atoms with Crippen molar-refractivity contribution >= 4 is 5.69 Å². The molecule has 1 aromatic carbocycles. The predicted molar refractivity (Wildman–Crippen MR) is 73.2 cm³/mol. The lowest BCUT2D eigenvalue weighted by Crippen LogP contribution is -2.19. The first-order chi connectivity index (χ1) is 8.83. The second-order valence-electron chi connectivity index (χ2n) is 5.47. The molecule has 1 unspecified atom stereocenters. The molecule has 0 saturated carbocycles. The number of anilines is 1. The SMILES string of the molecule is Nc1cccc2c1CN(CCCC1CCCO1)C2. The molecule has 1 atom stereocenters. The van der Waals surface area contributed by atoms with Crippen LogP contribution in [0.3, 0.4) is 0 Å². The van der Waals surface area contributed by atoms with Gasteiger partial charge in [-0.05, 0) is 49.4 Å². The number of nitrogen functional groups attached to an aromatic ring is 1. The molecule has 2 heterocycles. The van der Waals surface area contributed by atoms with Crippen LogP contribution in [0.25, 0.3) is 0 Å². The minimum Gasteiger partial charge on any atom is -0.398 e. The summed E-state index contributed by atoms with van der Waals surface area (Å²) in [6.07, 6.45) is 5.48. The first-order valence-electron chi connectivity index (χ1n) is 7.03. The molecule has 3 heteroatoms. The summed E-state index contributed by atoms with van der Waals surface area (Å²) in [4.78, 5) is 2.50. The second kappa shape index (κ2) is 5.29. The zero-order valence-electron chi connectivity index (χ0n) is 10.9. The molecule has 3 rings (SSSR count). The lowest BCUT2D eigenvalue weighted by molar-refractivity contribution is 0.0986. The van der Waals surface area contributed by atoms with E-state index in [1.807, 2.05) is 6.07 Å². The summed E-state index contributed by atoms with van der Waals surface area (Å²) in [7, 11) is 0. The molecule has 0 bridgehead atoms. The van der Waals surface area contributed by atoms with E-state index in [-0.39, 0.29) is 0 Å². The van der Waals surface area contributed by atoms with E-state index < -0.39 is 0 Å². The summed E-state index contributed by atoms with van der Waals surface area (Å²) in [6, 6.07) is 6.27. The van der Waals surface area contributed by atoms with Crippen LogP contribution < -0.4 is 5.73 Å². The van der Waals surface area contributed by atoms with Crippen LogP contribution in [0.2, 0.25) is 0 Å². The molecule has 98 valence electrons. The van der Waals surface area contributed by atoms with Gasteiger partial charge in [0.2, 0.25) is 0 Å². The summed E-state index contributed by atoms with van der Waals surface area (Å²) in [5.41, 5.74) is 9.72. The van der Waals surface area contributed by atoms with Gasteiger partial charge in [-0.1, -0.05) is 12.1 Å². The first kappa shape index (κ1) is 12.0. The lowest BCUT2D eigenvalue weighted by Gasteiger charge is -2.16. The summed E-state index contributed by atoms with van der Waals surface area (Å²) in [6.45, 7) is 4.21. The molecule has 1 fully saturated rings. The van der Waals surface area contributed by atoms with Gasteiger partial charge in [0.05, 0.1) is 6.10 Å². The number of hydrogen-bond donors (Lipinski definition) is 1. The molecule has 0 aromatic heterocycles. The highest BCUT2D eigenvalue weighted by atomic mass is 16.5. The molecular formula is C15H22N2O. The number of benzene rings is 1. The molecule has 2 aliphatic rings. The highest BCUT2D eigenvalue weighted by Gasteiger charge is 2.21. The Bertz CT molecular complexity index is 413. The van der Waals surface area contributed by atoms with Gasteiger partial charge in [-0.25, -0.2) is 0 Å². The minimum absolute atomic E-state index is 0.528. The number of hydrogen-bond acceptors (Lipinski definition) is 3. The summed E-state index contributed by atoms with van der Waals surface area (Å²) in [5.74, 6) is 0. The Balaban J connectivity index is 1.47. The smallest absolute Gasteiger partial charge is 0.0576 e. The quantitative estimate of drug-likeness (QED) is 0.830. The van der Waals surface area contributed by atoms with Crippen molar-refractivity contribution in [3.05, 3.63) is 29.3 Å². The molecule has 2 aliphatic heterocycles. The van der Waals surface area contributed by atoms with E-state index in [1.165, 1.54) is 36.8 Å². The van der Waals surface area contributed by atoms with Crippen molar-refractivity contribution in [3.8, 4) is 0 Å². The lowest BCUT2D eigenvalue weighted by atomic mass is 10.1. The van der Waals surface area contributed by atoms with Gasteiger partial charge in [0.15, 0.2) is 0 Å². The fourth-order valence-corrected chi connectivity index (χ4v) is 3.09. The molecule has 2 N–H and O–H groups in total. The van der Waals surface area contributed by atoms with E-state index in [9.17, 15) is 0 Å².